The predicted octanol–water partition coefficient (Wildman–Crippen LogP) is 4.39. The number of alkyl halides is 2. The van der Waals surface area contributed by atoms with Gasteiger partial charge in [0.15, 0.2) is 0 Å². The van der Waals surface area contributed by atoms with E-state index in [2.05, 4.69) is 38.5 Å². The molecule has 1 heterocycles. The van der Waals surface area contributed by atoms with Gasteiger partial charge in [0.2, 0.25) is 0 Å². The van der Waals surface area contributed by atoms with Gasteiger partial charge in [0.25, 0.3) is 0 Å². The van der Waals surface area contributed by atoms with Gasteiger partial charge in [0.05, 0.1) is 0 Å². The van der Waals surface area contributed by atoms with Crippen molar-refractivity contribution >= 4 is 46.2 Å². The van der Waals surface area contributed by atoms with Gasteiger partial charge >= 0.3 is 172 Å². The Labute approximate surface area is 171 Å². The van der Waals surface area contributed by atoms with Gasteiger partial charge in [0, 0.05) is 0 Å². The number of carboxylic acid groups (broad SMARTS) is 1. The van der Waals surface area contributed by atoms with Gasteiger partial charge in [-0.25, -0.2) is 0 Å². The maximum absolute atomic E-state index is 12.1. The molecule has 1 aliphatic heterocycles. The molecule has 3 aliphatic carbocycles. The van der Waals surface area contributed by atoms with Gasteiger partial charge in [-0.05, 0) is 0 Å². The van der Waals surface area contributed by atoms with Crippen LogP contribution in [0.1, 0.15) is 40.0 Å². The number of carboxylic acids is 1. The van der Waals surface area contributed by atoms with Crippen molar-refractivity contribution in [3.05, 3.63) is 23.8 Å². The molecule has 0 bridgehead atoms. The Balaban J connectivity index is 1.79. The van der Waals surface area contributed by atoms with E-state index in [1.54, 1.807) is 6.08 Å². The van der Waals surface area contributed by atoms with E-state index in [1.165, 1.54) is 5.57 Å². The molecule has 144 valence electrons. The van der Waals surface area contributed by atoms with E-state index in [1.807, 2.05) is 13.0 Å². The molecule has 4 nitrogen and oxygen atoms in total. The molecule has 0 aromatic heterocycles. The summed E-state index contributed by atoms with van der Waals surface area (Å²) in [5.74, 6) is 0.520. The fourth-order valence-electron chi connectivity index (χ4n) is 6.72. The molecule has 0 spiro atoms. The molecule has 0 amide bonds. The van der Waals surface area contributed by atoms with E-state index >= 15 is 0 Å². The first-order valence-corrected chi connectivity index (χ1v) is 18.2. The first kappa shape index (κ1) is 19.4. The molecule has 2 N–H and O–H groups in total. The van der Waals surface area contributed by atoms with Gasteiger partial charge in [-0.2, -0.15) is 0 Å². The topological polar surface area (TPSA) is 74.6 Å². The third-order valence-corrected chi connectivity index (χ3v) is 19.1. The number of hydrogen-bond acceptors (Lipinski definition) is 3. The number of fused-ring (bicyclic) bond motifs is 5. The fraction of sp³-hybridized carbons (Fsp3) is 0.700. The number of aliphatic carboxylic acids is 1. The summed E-state index contributed by atoms with van der Waals surface area (Å²) < 4.78 is -0.591. The predicted molar refractivity (Wildman–Crippen MR) is 117 cm³/mol. The van der Waals surface area contributed by atoms with Crippen molar-refractivity contribution in [3.63, 3.8) is 0 Å². The molecule has 0 aromatic rings. The molecule has 1 saturated heterocycles. The summed E-state index contributed by atoms with van der Waals surface area (Å²) in [6.07, 6.45) is 8.33. The third kappa shape index (κ3) is 2.27. The van der Waals surface area contributed by atoms with E-state index in [-0.39, 0.29) is 17.1 Å². The number of aliphatic hydroxyl groups is 1. The fourth-order valence-corrected chi connectivity index (χ4v) is 19.0. The van der Waals surface area contributed by atoms with Crippen molar-refractivity contribution in [2.24, 2.45) is 34.5 Å². The van der Waals surface area contributed by atoms with Crippen LogP contribution in [-0.2, 0) is 9.59 Å². The molecule has 4 aliphatic rings. The number of carbonyl (C=O) groups excluding carboxylic acids is 1. The average molecular weight is 584 g/mol. The number of hydrogen-bond donors (Lipinski definition) is 2. The van der Waals surface area contributed by atoms with Crippen molar-refractivity contribution in [3.8, 4) is 0 Å². The summed E-state index contributed by atoms with van der Waals surface area (Å²) >= 11 is 0.269. The molecular formula is C20H26I2O4. The van der Waals surface area contributed by atoms with Crippen LogP contribution < -0.4 is 0 Å². The van der Waals surface area contributed by atoms with Crippen LogP contribution in [0.3, 0.4) is 0 Å². The van der Waals surface area contributed by atoms with Gasteiger partial charge in [0.1, 0.15) is 0 Å². The Kier molecular flexibility index (Phi) is 4.48. The number of carbonyl (C=O) groups is 2. The zero-order valence-corrected chi connectivity index (χ0v) is 19.7. The third-order valence-electron chi connectivity index (χ3n) is 7.84. The summed E-state index contributed by atoms with van der Waals surface area (Å²) in [6, 6.07) is 0. The second-order valence-corrected chi connectivity index (χ2v) is 19.8. The number of halogens is 2. The molecule has 2 saturated carbocycles. The van der Waals surface area contributed by atoms with Gasteiger partial charge in [-0.15, -0.1) is 0 Å². The number of allylic oxidation sites excluding steroid dienone is 4. The molecule has 5 unspecified atom stereocenters. The van der Waals surface area contributed by atoms with Crippen molar-refractivity contribution in [2.45, 2.75) is 43.6 Å². The summed E-state index contributed by atoms with van der Waals surface area (Å²) in [4.78, 5) is 24.0. The Hall–Kier alpha value is 0.0400. The molecule has 26 heavy (non-hydrogen) atoms. The van der Waals surface area contributed by atoms with E-state index in [0.29, 0.717) is 17.8 Å². The normalized spacial score (nSPS) is 51.3. The van der Waals surface area contributed by atoms with E-state index in [0.717, 1.165) is 23.7 Å². The molecule has 6 heteroatoms. The monoisotopic (exact) mass is 584 g/mol. The maximum atomic E-state index is 12.1. The van der Waals surface area contributed by atoms with E-state index in [9.17, 15) is 19.8 Å². The van der Waals surface area contributed by atoms with E-state index in [4.69, 9.17) is 0 Å². The second kappa shape index (κ2) is 6.02. The number of ketones is 1. The Morgan fingerprint density at radius 1 is 1.38 bits per heavy atom. The van der Waals surface area contributed by atoms with Crippen LogP contribution in [0, 0.1) is 34.5 Å². The Bertz CT molecular complexity index is 746. The standard InChI is InChI=1S/C20H26I2O4/c1-11-9-19(3)15(10-22(21)20(19,26)17(24)25)14-5-4-12-8-13(23)6-7-18(12,2)16(11)14/h6-8,11,14-16,26H,4-5,9-10H2,1-3H3,(H,24,25)/t11?,14?,15?,16?,18?,19-,20-/m0/s1. The van der Waals surface area contributed by atoms with Crippen LogP contribution in [0.25, 0.3) is 0 Å². The first-order chi connectivity index (χ1) is 12.1. The minimum absolute atomic E-state index is 0.0889. The van der Waals surface area contributed by atoms with Crippen LogP contribution in [0.5, 0.6) is 0 Å². The van der Waals surface area contributed by atoms with Gasteiger partial charge < -0.3 is 0 Å². The summed E-state index contributed by atoms with van der Waals surface area (Å²) in [6.45, 7) is 6.53. The number of rotatable bonds is 1. The quantitative estimate of drug-likeness (QED) is 0.355. The van der Waals surface area contributed by atoms with Crippen molar-refractivity contribution in [1.29, 1.82) is 0 Å². The molecule has 7 atom stereocenters. The van der Waals surface area contributed by atoms with Crippen LogP contribution in [0.2, 0.25) is 0 Å². The first-order valence-electron chi connectivity index (χ1n) is 9.28. The average Bonchev–Trinajstić information content (AvgIpc) is 2.76. The minimum atomic E-state index is -2.04. The Morgan fingerprint density at radius 3 is 2.73 bits per heavy atom. The zero-order chi connectivity index (χ0) is 19.1. The summed E-state index contributed by atoms with van der Waals surface area (Å²) in [5.41, 5.74) is 0.612. The Morgan fingerprint density at radius 2 is 2.08 bits per heavy atom. The molecule has 0 aromatic carbocycles. The van der Waals surface area contributed by atoms with E-state index < -0.39 is 30.8 Å². The van der Waals surface area contributed by atoms with Crippen molar-refractivity contribution in [1.82, 2.24) is 0 Å². The van der Waals surface area contributed by atoms with Crippen molar-refractivity contribution < 1.29 is 19.8 Å². The van der Waals surface area contributed by atoms with Crippen LogP contribution in [0.4, 0.5) is 0 Å². The van der Waals surface area contributed by atoms with Crippen LogP contribution in [-0.4, -0.2) is 30.0 Å². The molecular weight excluding hydrogens is 558 g/mol. The van der Waals surface area contributed by atoms with Crippen molar-refractivity contribution in [2.75, 3.05) is 4.43 Å². The second-order valence-electron chi connectivity index (χ2n) is 9.01. The summed E-state index contributed by atoms with van der Waals surface area (Å²) in [7, 11) is 0. The zero-order valence-electron chi connectivity index (χ0n) is 15.3. The SMILES string of the molecule is CC1C[C@@]2(C)C(CI(I)[C@]2(O)C(=O)O)C2CCC3=CC(=O)C=CC3(C)C12. The van der Waals surface area contributed by atoms with Gasteiger partial charge in [-0.3, -0.25) is 0 Å². The molecule has 0 radical (unpaired) electrons. The van der Waals surface area contributed by atoms with Crippen LogP contribution >= 0.6 is 34.5 Å². The molecule has 4 rings (SSSR count). The van der Waals surface area contributed by atoms with Gasteiger partial charge in [-0.1, -0.05) is 0 Å². The van der Waals surface area contributed by atoms with Crippen LogP contribution in [0.15, 0.2) is 23.8 Å². The molecule has 3 fully saturated rings. The summed E-state index contributed by atoms with van der Waals surface area (Å²) in [5, 5.41) is 21.2.